The molecule has 0 aliphatic carbocycles. The molecule has 2 aromatic rings. The van der Waals surface area contributed by atoms with E-state index < -0.39 is 6.04 Å². The summed E-state index contributed by atoms with van der Waals surface area (Å²) in [5.41, 5.74) is 2.53. The van der Waals surface area contributed by atoms with Crippen molar-refractivity contribution < 1.29 is 18.7 Å². The molecule has 3 atom stereocenters. The summed E-state index contributed by atoms with van der Waals surface area (Å²) in [5.74, 6) is -0.496. The molecule has 2 aromatic carbocycles. The van der Waals surface area contributed by atoms with Gasteiger partial charge in [-0.15, -0.1) is 0 Å². The van der Waals surface area contributed by atoms with Gasteiger partial charge >= 0.3 is 6.03 Å². The monoisotopic (exact) mass is 397 g/mol. The summed E-state index contributed by atoms with van der Waals surface area (Å²) >= 11 is 0. The highest BCUT2D eigenvalue weighted by Gasteiger charge is 2.32. The summed E-state index contributed by atoms with van der Waals surface area (Å²) in [7, 11) is 0. The first-order valence-electron chi connectivity index (χ1n) is 9.84. The highest BCUT2D eigenvalue weighted by molar-refractivity contribution is 5.98. The van der Waals surface area contributed by atoms with E-state index in [2.05, 4.69) is 10.6 Å². The smallest absolute Gasteiger partial charge is 0.318 e. The van der Waals surface area contributed by atoms with Crippen molar-refractivity contribution in [2.45, 2.75) is 44.5 Å². The van der Waals surface area contributed by atoms with Crippen LogP contribution in [0.25, 0.3) is 0 Å². The van der Waals surface area contributed by atoms with Gasteiger partial charge in [-0.2, -0.15) is 0 Å². The van der Waals surface area contributed by atoms with Gasteiger partial charge in [0, 0.05) is 18.3 Å². The third-order valence-electron chi connectivity index (χ3n) is 5.58. The molecule has 6 nitrogen and oxygen atoms in total. The minimum absolute atomic E-state index is 0.0833. The van der Waals surface area contributed by atoms with E-state index in [0.717, 1.165) is 16.8 Å². The molecule has 152 valence electrons. The summed E-state index contributed by atoms with van der Waals surface area (Å²) in [6.45, 7) is 2.59. The van der Waals surface area contributed by atoms with E-state index in [9.17, 15) is 14.0 Å². The van der Waals surface area contributed by atoms with Crippen LogP contribution in [0, 0.1) is 5.82 Å². The molecule has 1 fully saturated rings. The number of benzene rings is 2. The molecule has 2 N–H and O–H groups in total. The van der Waals surface area contributed by atoms with Gasteiger partial charge in [0.05, 0.1) is 12.6 Å². The average molecular weight is 397 g/mol. The fraction of sp³-hybridized carbons (Fsp3) is 0.364. The van der Waals surface area contributed by atoms with E-state index in [1.807, 2.05) is 24.3 Å². The number of para-hydroxylation sites is 1. The topological polar surface area (TPSA) is 70.7 Å². The summed E-state index contributed by atoms with van der Waals surface area (Å²) in [5, 5.41) is 5.94. The van der Waals surface area contributed by atoms with Gasteiger partial charge < -0.3 is 20.3 Å². The Kier molecular flexibility index (Phi) is 5.49. The number of anilines is 1. The predicted molar refractivity (Wildman–Crippen MR) is 107 cm³/mol. The molecule has 0 bridgehead atoms. The molecule has 7 heteroatoms. The van der Waals surface area contributed by atoms with Crippen LogP contribution >= 0.6 is 0 Å². The molecule has 2 heterocycles. The minimum Gasteiger partial charge on any atom is -0.373 e. The molecule has 29 heavy (non-hydrogen) atoms. The lowest BCUT2D eigenvalue weighted by molar-refractivity contribution is -0.119. The van der Waals surface area contributed by atoms with Gasteiger partial charge in [-0.05, 0) is 49.1 Å². The fourth-order valence-corrected chi connectivity index (χ4v) is 3.82. The third-order valence-corrected chi connectivity index (χ3v) is 5.58. The molecule has 3 unspecified atom stereocenters. The lowest BCUT2D eigenvalue weighted by Crippen LogP contribution is -2.51. The number of fused-ring (bicyclic) bond motifs is 1. The molecule has 0 spiro atoms. The van der Waals surface area contributed by atoms with E-state index in [1.165, 1.54) is 12.1 Å². The van der Waals surface area contributed by atoms with E-state index in [-0.39, 0.29) is 29.9 Å². The number of urea groups is 1. The minimum atomic E-state index is -0.588. The summed E-state index contributed by atoms with van der Waals surface area (Å²) in [4.78, 5) is 27.0. The highest BCUT2D eigenvalue weighted by Crippen LogP contribution is 2.29. The number of halogens is 1. The van der Waals surface area contributed by atoms with Crippen LogP contribution in [0.2, 0.25) is 0 Å². The van der Waals surface area contributed by atoms with Crippen molar-refractivity contribution in [2.24, 2.45) is 0 Å². The van der Waals surface area contributed by atoms with Crippen LogP contribution in [0.3, 0.4) is 0 Å². The molecular formula is C22H24FN3O3. The maximum absolute atomic E-state index is 13.2. The first-order chi connectivity index (χ1) is 14.0. The van der Waals surface area contributed by atoms with Crippen LogP contribution in [-0.4, -0.2) is 35.5 Å². The van der Waals surface area contributed by atoms with Crippen molar-refractivity contribution in [3.8, 4) is 0 Å². The van der Waals surface area contributed by atoms with E-state index in [4.69, 9.17) is 4.74 Å². The van der Waals surface area contributed by atoms with Crippen LogP contribution < -0.4 is 10.6 Å². The molecule has 4 rings (SSSR count). The number of ether oxygens (including phenoxy) is 1. The number of hydrogen-bond donors (Lipinski definition) is 2. The van der Waals surface area contributed by atoms with Gasteiger partial charge in [0.25, 0.3) is 0 Å². The second kappa shape index (κ2) is 8.21. The Morgan fingerprint density at radius 1 is 1.21 bits per heavy atom. The molecule has 0 aromatic heterocycles. The SMILES string of the molecule is CC1C(=O)Nc2ccccc2CN1C(=O)NC1CCOC(c2ccc(F)cc2)C1. The average Bonchev–Trinajstić information content (AvgIpc) is 2.85. The van der Waals surface area contributed by atoms with E-state index >= 15 is 0 Å². The molecule has 1 saturated heterocycles. The molecule has 0 saturated carbocycles. The van der Waals surface area contributed by atoms with Gasteiger partial charge in [0.2, 0.25) is 5.91 Å². The zero-order valence-corrected chi connectivity index (χ0v) is 16.2. The second-order valence-corrected chi connectivity index (χ2v) is 7.53. The van der Waals surface area contributed by atoms with Crippen LogP contribution in [0.1, 0.15) is 37.0 Å². The van der Waals surface area contributed by atoms with Gasteiger partial charge in [0.15, 0.2) is 0 Å². The standard InChI is InChI=1S/C22H24FN3O3/c1-14-21(27)25-19-5-3-2-4-16(19)13-26(14)22(28)24-18-10-11-29-20(12-18)15-6-8-17(23)9-7-15/h2-9,14,18,20H,10-13H2,1H3,(H,24,28)(H,25,27). The third kappa shape index (κ3) is 4.24. The van der Waals surface area contributed by atoms with Crippen LogP contribution in [0.5, 0.6) is 0 Å². The number of nitrogens with one attached hydrogen (secondary N) is 2. The maximum Gasteiger partial charge on any atom is 0.318 e. The van der Waals surface area contributed by atoms with Gasteiger partial charge in [-0.1, -0.05) is 30.3 Å². The first kappa shape index (κ1) is 19.4. The second-order valence-electron chi connectivity index (χ2n) is 7.53. The van der Waals surface area contributed by atoms with Crippen LogP contribution in [0.15, 0.2) is 48.5 Å². The quantitative estimate of drug-likeness (QED) is 0.814. The first-order valence-corrected chi connectivity index (χ1v) is 9.84. The van der Waals surface area contributed by atoms with Gasteiger partial charge in [-0.25, -0.2) is 9.18 Å². The largest absolute Gasteiger partial charge is 0.373 e. The summed E-state index contributed by atoms with van der Waals surface area (Å²) < 4.78 is 19.0. The Labute approximate surface area is 169 Å². The Balaban J connectivity index is 1.45. The lowest BCUT2D eigenvalue weighted by atomic mass is 9.97. The zero-order chi connectivity index (χ0) is 20.4. The van der Waals surface area contributed by atoms with Crippen molar-refractivity contribution in [1.82, 2.24) is 10.2 Å². The van der Waals surface area contributed by atoms with Gasteiger partial charge in [0.1, 0.15) is 11.9 Å². The number of carbonyl (C=O) groups is 2. The summed E-state index contributed by atoms with van der Waals surface area (Å²) in [6, 6.07) is 12.8. The number of nitrogens with zero attached hydrogens (tertiary/aromatic N) is 1. The molecular weight excluding hydrogens is 373 g/mol. The zero-order valence-electron chi connectivity index (χ0n) is 16.2. The molecule has 2 aliphatic rings. The Morgan fingerprint density at radius 2 is 1.97 bits per heavy atom. The molecule has 3 amide bonds. The Hall–Kier alpha value is -2.93. The van der Waals surface area contributed by atoms with Crippen molar-refractivity contribution >= 4 is 17.6 Å². The maximum atomic E-state index is 13.2. The van der Waals surface area contributed by atoms with Gasteiger partial charge in [-0.3, -0.25) is 4.79 Å². The number of carbonyl (C=O) groups excluding carboxylic acids is 2. The number of amides is 3. The normalized spacial score (nSPS) is 24.3. The predicted octanol–water partition coefficient (Wildman–Crippen LogP) is 3.60. The number of hydrogen-bond acceptors (Lipinski definition) is 3. The van der Waals surface area contributed by atoms with E-state index in [1.54, 1.807) is 24.0 Å². The van der Waals surface area contributed by atoms with Crippen LogP contribution in [0.4, 0.5) is 14.9 Å². The highest BCUT2D eigenvalue weighted by atomic mass is 19.1. The summed E-state index contributed by atoms with van der Waals surface area (Å²) in [6.07, 6.45) is 1.09. The number of rotatable bonds is 2. The molecule has 0 radical (unpaired) electrons. The Morgan fingerprint density at radius 3 is 2.76 bits per heavy atom. The van der Waals surface area contributed by atoms with Crippen molar-refractivity contribution in [3.05, 3.63) is 65.5 Å². The van der Waals surface area contributed by atoms with Crippen LogP contribution in [-0.2, 0) is 16.1 Å². The lowest BCUT2D eigenvalue weighted by Gasteiger charge is -2.33. The van der Waals surface area contributed by atoms with Crippen molar-refractivity contribution in [2.75, 3.05) is 11.9 Å². The van der Waals surface area contributed by atoms with Crippen molar-refractivity contribution in [1.29, 1.82) is 0 Å². The fourth-order valence-electron chi connectivity index (χ4n) is 3.82. The molecule has 2 aliphatic heterocycles. The van der Waals surface area contributed by atoms with E-state index in [0.29, 0.717) is 26.0 Å². The Bertz CT molecular complexity index is 902. The van der Waals surface area contributed by atoms with Crippen molar-refractivity contribution in [3.63, 3.8) is 0 Å².